The van der Waals surface area contributed by atoms with E-state index in [1.807, 2.05) is 0 Å². The highest BCUT2D eigenvalue weighted by Gasteiger charge is 2.42. The summed E-state index contributed by atoms with van der Waals surface area (Å²) in [6.07, 6.45) is -0.333. The Kier molecular flexibility index (Phi) is 6.14. The van der Waals surface area contributed by atoms with Crippen LogP contribution in [0.5, 0.6) is 5.75 Å². The van der Waals surface area contributed by atoms with E-state index >= 15 is 0 Å². The van der Waals surface area contributed by atoms with E-state index < -0.39 is 30.2 Å². The molecule has 0 radical (unpaired) electrons. The maximum absolute atomic E-state index is 12.6. The first-order valence-corrected chi connectivity index (χ1v) is 9.59. The first-order chi connectivity index (χ1) is 14.0. The molecule has 2 aromatic carbocycles. The molecule has 1 aliphatic heterocycles. The molecule has 156 valence electrons. The fourth-order valence-corrected chi connectivity index (χ4v) is 3.85. The van der Waals surface area contributed by atoms with Crippen LogP contribution in [0.3, 0.4) is 0 Å². The molecule has 0 saturated carbocycles. The maximum atomic E-state index is 12.6. The van der Waals surface area contributed by atoms with Crippen LogP contribution in [-0.4, -0.2) is 45.3 Å². The monoisotopic (exact) mass is 490 g/mol. The summed E-state index contributed by atoms with van der Waals surface area (Å²) >= 11 is 23.9. The number of aromatic hydroxyl groups is 1. The summed E-state index contributed by atoms with van der Waals surface area (Å²) in [6, 6.07) is 3.84. The van der Waals surface area contributed by atoms with Gasteiger partial charge in [0.25, 0.3) is 11.8 Å². The van der Waals surface area contributed by atoms with Crippen LogP contribution in [0.2, 0.25) is 20.1 Å². The molecule has 3 N–H and O–H groups in total. The summed E-state index contributed by atoms with van der Waals surface area (Å²) in [5.41, 5.74) is -0.294. The van der Waals surface area contributed by atoms with Crippen molar-refractivity contribution in [1.82, 2.24) is 4.90 Å². The molecule has 12 heteroatoms. The second-order valence-electron chi connectivity index (χ2n) is 6.17. The number of carboxylic acid groups (broad SMARTS) is 1. The Morgan fingerprint density at radius 1 is 0.933 bits per heavy atom. The number of carbonyl (C=O) groups excluding carboxylic acids is 3. The number of anilines is 1. The molecule has 2 aromatic rings. The molecule has 0 atom stereocenters. The summed E-state index contributed by atoms with van der Waals surface area (Å²) in [7, 11) is 0. The zero-order valence-electron chi connectivity index (χ0n) is 14.6. The van der Waals surface area contributed by atoms with Crippen LogP contribution in [0, 0.1) is 0 Å². The van der Waals surface area contributed by atoms with Crippen LogP contribution < -0.4 is 5.32 Å². The highest BCUT2D eigenvalue weighted by Crippen LogP contribution is 2.44. The van der Waals surface area contributed by atoms with Crippen molar-refractivity contribution in [2.75, 3.05) is 11.9 Å². The van der Waals surface area contributed by atoms with Gasteiger partial charge in [0.1, 0.15) is 12.3 Å². The molecule has 0 aromatic heterocycles. The van der Waals surface area contributed by atoms with Crippen molar-refractivity contribution in [3.05, 3.63) is 55.0 Å². The van der Waals surface area contributed by atoms with Gasteiger partial charge in [0.15, 0.2) is 0 Å². The topological polar surface area (TPSA) is 124 Å². The molecule has 8 nitrogen and oxygen atoms in total. The van der Waals surface area contributed by atoms with E-state index in [9.17, 15) is 24.3 Å². The standard InChI is InChI=1S/C18H10Cl4N2O6/c19-13-11-12(14(20)16(22)15(13)21)18(30)24(17(11)29)5-9(26)23-7-3-6(4-10(27)28)1-2-8(7)25/h1-3,25H,4-5H2,(H,23,26)(H,27,28). The molecular weight excluding hydrogens is 482 g/mol. The van der Waals surface area contributed by atoms with Gasteiger partial charge >= 0.3 is 5.97 Å². The lowest BCUT2D eigenvalue weighted by Crippen LogP contribution is -2.37. The molecule has 0 fully saturated rings. The van der Waals surface area contributed by atoms with E-state index in [1.54, 1.807) is 0 Å². The number of hydrogen-bond donors (Lipinski definition) is 3. The summed E-state index contributed by atoms with van der Waals surface area (Å²) < 4.78 is 0. The van der Waals surface area contributed by atoms with Gasteiger partial charge in [-0.05, 0) is 17.7 Å². The van der Waals surface area contributed by atoms with E-state index in [2.05, 4.69) is 5.32 Å². The minimum absolute atomic E-state index is 0.0856. The largest absolute Gasteiger partial charge is 0.506 e. The molecule has 0 aliphatic carbocycles. The first kappa shape index (κ1) is 22.2. The minimum Gasteiger partial charge on any atom is -0.506 e. The molecule has 0 spiro atoms. The van der Waals surface area contributed by atoms with Gasteiger partial charge in [-0.2, -0.15) is 0 Å². The number of amides is 3. The Morgan fingerprint density at radius 2 is 1.47 bits per heavy atom. The normalized spacial score (nSPS) is 12.9. The highest BCUT2D eigenvalue weighted by atomic mass is 35.5. The SMILES string of the molecule is O=C(O)Cc1ccc(O)c(NC(=O)CN2C(=O)c3c(Cl)c(Cl)c(Cl)c(Cl)c3C2=O)c1. The van der Waals surface area contributed by atoms with E-state index in [4.69, 9.17) is 51.5 Å². The highest BCUT2D eigenvalue weighted by molar-refractivity contribution is 6.55. The number of carboxylic acids is 1. The number of rotatable bonds is 5. The Balaban J connectivity index is 1.84. The van der Waals surface area contributed by atoms with Crippen LogP contribution in [0.1, 0.15) is 26.3 Å². The number of phenolic OH excluding ortho intramolecular Hbond substituents is 1. The lowest BCUT2D eigenvalue weighted by atomic mass is 10.1. The number of hydrogen-bond acceptors (Lipinski definition) is 5. The van der Waals surface area contributed by atoms with Crippen molar-refractivity contribution in [1.29, 1.82) is 0 Å². The smallest absolute Gasteiger partial charge is 0.307 e. The average molecular weight is 492 g/mol. The fourth-order valence-electron chi connectivity index (χ4n) is 2.84. The molecule has 0 saturated heterocycles. The van der Waals surface area contributed by atoms with Gasteiger partial charge in [0, 0.05) is 0 Å². The molecule has 1 heterocycles. The van der Waals surface area contributed by atoms with Gasteiger partial charge < -0.3 is 15.5 Å². The predicted molar refractivity (Wildman–Crippen MR) is 110 cm³/mol. The van der Waals surface area contributed by atoms with Crippen LogP contribution in [0.15, 0.2) is 18.2 Å². The fraction of sp³-hybridized carbons (Fsp3) is 0.111. The maximum Gasteiger partial charge on any atom is 0.307 e. The summed E-state index contributed by atoms with van der Waals surface area (Å²) in [5, 5.41) is 20.1. The van der Waals surface area contributed by atoms with E-state index in [0.717, 1.165) is 0 Å². The van der Waals surface area contributed by atoms with Crippen molar-refractivity contribution in [3.63, 3.8) is 0 Å². The number of aliphatic carboxylic acids is 1. The third-order valence-corrected chi connectivity index (χ3v) is 5.98. The Bertz CT molecular complexity index is 1090. The predicted octanol–water partition coefficient (Wildman–Crippen LogP) is 3.87. The second-order valence-corrected chi connectivity index (χ2v) is 7.68. The summed E-state index contributed by atoms with van der Waals surface area (Å²) in [6.45, 7) is -0.725. The van der Waals surface area contributed by atoms with Crippen molar-refractivity contribution in [2.24, 2.45) is 0 Å². The quantitative estimate of drug-likeness (QED) is 0.252. The van der Waals surface area contributed by atoms with Gasteiger partial charge in [-0.3, -0.25) is 24.1 Å². The zero-order valence-corrected chi connectivity index (χ0v) is 17.7. The van der Waals surface area contributed by atoms with Crippen LogP contribution >= 0.6 is 46.4 Å². The van der Waals surface area contributed by atoms with Gasteiger partial charge in [-0.15, -0.1) is 0 Å². The molecule has 0 unspecified atom stereocenters. The molecule has 0 bridgehead atoms. The van der Waals surface area contributed by atoms with Gasteiger partial charge in [-0.25, -0.2) is 0 Å². The van der Waals surface area contributed by atoms with Crippen molar-refractivity contribution < 1.29 is 29.4 Å². The number of nitrogens with one attached hydrogen (secondary N) is 1. The number of phenols is 1. The number of carbonyl (C=O) groups is 4. The van der Waals surface area contributed by atoms with E-state index in [-0.39, 0.29) is 49.1 Å². The number of benzene rings is 2. The third-order valence-electron chi connectivity index (χ3n) is 4.18. The lowest BCUT2D eigenvalue weighted by Gasteiger charge is -2.14. The zero-order chi connectivity index (χ0) is 22.3. The van der Waals surface area contributed by atoms with Gasteiger partial charge in [-0.1, -0.05) is 52.5 Å². The molecule has 3 amide bonds. The van der Waals surface area contributed by atoms with Gasteiger partial charge in [0.05, 0.1) is 43.3 Å². The number of fused-ring (bicyclic) bond motifs is 1. The number of halogens is 4. The van der Waals surface area contributed by atoms with E-state index in [1.165, 1.54) is 18.2 Å². The Hall–Kier alpha value is -2.52. The number of imide groups is 1. The Morgan fingerprint density at radius 3 is 1.97 bits per heavy atom. The molecular formula is C18H10Cl4N2O6. The van der Waals surface area contributed by atoms with Crippen LogP contribution in [-0.2, 0) is 16.0 Å². The van der Waals surface area contributed by atoms with E-state index in [0.29, 0.717) is 10.5 Å². The molecule has 1 aliphatic rings. The number of nitrogens with zero attached hydrogens (tertiary/aromatic N) is 1. The summed E-state index contributed by atoms with van der Waals surface area (Å²) in [5.74, 6) is -4.05. The van der Waals surface area contributed by atoms with Gasteiger partial charge in [0.2, 0.25) is 5.91 Å². The minimum atomic E-state index is -1.10. The van der Waals surface area contributed by atoms with Crippen molar-refractivity contribution in [2.45, 2.75) is 6.42 Å². The van der Waals surface area contributed by atoms with Crippen LogP contribution in [0.4, 0.5) is 5.69 Å². The molecule has 3 rings (SSSR count). The lowest BCUT2D eigenvalue weighted by molar-refractivity contribution is -0.136. The van der Waals surface area contributed by atoms with Crippen molar-refractivity contribution in [3.8, 4) is 5.75 Å². The average Bonchev–Trinajstić information content (AvgIpc) is 2.91. The second kappa shape index (κ2) is 8.31. The summed E-state index contributed by atoms with van der Waals surface area (Å²) in [4.78, 5) is 49.1. The Labute approximate surface area is 188 Å². The third kappa shape index (κ3) is 3.91. The van der Waals surface area contributed by atoms with Crippen molar-refractivity contribution >= 4 is 75.8 Å². The molecule has 30 heavy (non-hydrogen) atoms. The van der Waals surface area contributed by atoms with Crippen LogP contribution in [0.25, 0.3) is 0 Å². The first-order valence-electron chi connectivity index (χ1n) is 8.08.